The molecule has 7 heteroatoms. The highest BCUT2D eigenvalue weighted by atomic mass is 35.5. The van der Waals surface area contributed by atoms with Crippen LogP contribution in [0.1, 0.15) is 12.8 Å². The molecule has 6 nitrogen and oxygen atoms in total. The third kappa shape index (κ3) is 2.62. The lowest BCUT2D eigenvalue weighted by atomic mass is 10.3. The largest absolute Gasteiger partial charge is 0.351 e. The minimum atomic E-state index is 0.492. The number of hydrogen-bond acceptors (Lipinski definition) is 5. The van der Waals surface area contributed by atoms with Crippen molar-refractivity contribution in [1.82, 2.24) is 19.6 Å². The lowest BCUT2D eigenvalue weighted by Gasteiger charge is -2.10. The van der Waals surface area contributed by atoms with Crippen LogP contribution in [0.3, 0.4) is 0 Å². The van der Waals surface area contributed by atoms with Gasteiger partial charge in [0.25, 0.3) is 0 Å². The van der Waals surface area contributed by atoms with E-state index in [4.69, 9.17) is 11.6 Å². The summed E-state index contributed by atoms with van der Waals surface area (Å²) in [5.74, 6) is 1.23. The summed E-state index contributed by atoms with van der Waals surface area (Å²) in [6, 6.07) is 9.80. The molecule has 1 aliphatic carbocycles. The van der Waals surface area contributed by atoms with E-state index in [1.54, 1.807) is 10.7 Å². The zero-order valence-corrected chi connectivity index (χ0v) is 11.9. The zero-order valence-electron chi connectivity index (χ0n) is 11.1. The van der Waals surface area contributed by atoms with Crippen LogP contribution in [0.25, 0.3) is 5.65 Å². The van der Waals surface area contributed by atoms with E-state index in [0.717, 1.165) is 11.3 Å². The zero-order chi connectivity index (χ0) is 14.2. The predicted octanol–water partition coefficient (Wildman–Crippen LogP) is 3.10. The van der Waals surface area contributed by atoms with Crippen LogP contribution in [0.15, 0.2) is 36.5 Å². The van der Waals surface area contributed by atoms with Gasteiger partial charge in [-0.05, 0) is 31.0 Å². The molecule has 2 N–H and O–H groups in total. The third-order valence-corrected chi connectivity index (χ3v) is 3.48. The van der Waals surface area contributed by atoms with Crippen molar-refractivity contribution >= 4 is 34.8 Å². The maximum Gasteiger partial charge on any atom is 0.232 e. The average Bonchev–Trinajstić information content (AvgIpc) is 3.13. The Morgan fingerprint density at radius 2 is 2.10 bits per heavy atom. The molecule has 0 unspecified atom stereocenters. The summed E-state index contributed by atoms with van der Waals surface area (Å²) >= 11 is 5.99. The highest BCUT2D eigenvalue weighted by Gasteiger charge is 2.23. The van der Waals surface area contributed by atoms with Crippen molar-refractivity contribution in [1.29, 1.82) is 0 Å². The first-order valence-corrected chi connectivity index (χ1v) is 7.17. The Kier molecular flexibility index (Phi) is 2.89. The Hall–Kier alpha value is -2.34. The second-order valence-corrected chi connectivity index (χ2v) is 5.46. The fourth-order valence-electron chi connectivity index (χ4n) is 2.08. The minimum Gasteiger partial charge on any atom is -0.351 e. The van der Waals surface area contributed by atoms with Crippen molar-refractivity contribution < 1.29 is 0 Å². The molecule has 4 rings (SSSR count). The van der Waals surface area contributed by atoms with Crippen LogP contribution in [-0.2, 0) is 0 Å². The van der Waals surface area contributed by atoms with E-state index < -0.39 is 0 Å². The molecule has 2 heterocycles. The maximum absolute atomic E-state index is 5.99. The molecule has 0 radical (unpaired) electrons. The predicted molar refractivity (Wildman–Crippen MR) is 82.2 cm³/mol. The Balaban J connectivity index is 1.70. The van der Waals surface area contributed by atoms with Crippen molar-refractivity contribution in [2.45, 2.75) is 18.9 Å². The van der Waals surface area contributed by atoms with Gasteiger partial charge in [-0.1, -0.05) is 17.7 Å². The smallest absolute Gasteiger partial charge is 0.232 e. The van der Waals surface area contributed by atoms with E-state index >= 15 is 0 Å². The van der Waals surface area contributed by atoms with Crippen molar-refractivity contribution in [3.8, 4) is 0 Å². The van der Waals surface area contributed by atoms with E-state index in [1.165, 1.54) is 12.8 Å². The Labute approximate surface area is 126 Å². The normalized spacial score (nSPS) is 14.3. The number of halogens is 1. The molecule has 2 aromatic heterocycles. The molecular weight excluding hydrogens is 288 g/mol. The van der Waals surface area contributed by atoms with Gasteiger partial charge in [0.2, 0.25) is 11.9 Å². The number of nitrogens with zero attached hydrogens (tertiary/aromatic N) is 4. The molecule has 1 aliphatic rings. The lowest BCUT2D eigenvalue weighted by molar-refractivity contribution is 0.883. The topological polar surface area (TPSA) is 67.1 Å². The first kappa shape index (κ1) is 12.4. The molecule has 3 aromatic rings. The van der Waals surface area contributed by atoms with Crippen molar-refractivity contribution in [2.75, 3.05) is 10.6 Å². The van der Waals surface area contributed by atoms with Gasteiger partial charge < -0.3 is 10.6 Å². The van der Waals surface area contributed by atoms with Gasteiger partial charge in [-0.15, -0.1) is 0 Å². The first-order chi connectivity index (χ1) is 10.3. The Morgan fingerprint density at radius 1 is 1.19 bits per heavy atom. The monoisotopic (exact) mass is 300 g/mol. The lowest BCUT2D eigenvalue weighted by Crippen LogP contribution is -2.11. The van der Waals surface area contributed by atoms with Crippen molar-refractivity contribution in [2.24, 2.45) is 0 Å². The molecule has 0 saturated heterocycles. The van der Waals surface area contributed by atoms with Crippen LogP contribution in [0.2, 0.25) is 5.02 Å². The summed E-state index contributed by atoms with van der Waals surface area (Å²) in [7, 11) is 0. The van der Waals surface area contributed by atoms with Crippen LogP contribution < -0.4 is 10.6 Å². The van der Waals surface area contributed by atoms with Gasteiger partial charge in [-0.2, -0.15) is 19.6 Å². The maximum atomic E-state index is 5.99. The molecule has 106 valence electrons. The fraction of sp³-hybridized carbons (Fsp3) is 0.214. The number of nitrogens with one attached hydrogen (secondary N) is 2. The summed E-state index contributed by atoms with van der Waals surface area (Å²) in [6.45, 7) is 0. The SMILES string of the molecule is Clc1cccc(Nc2nc(NC3CC3)n3nccc3n2)c1. The first-order valence-electron chi connectivity index (χ1n) is 6.79. The second-order valence-electron chi connectivity index (χ2n) is 5.03. The molecule has 1 fully saturated rings. The fourth-order valence-corrected chi connectivity index (χ4v) is 2.27. The van der Waals surface area contributed by atoms with Gasteiger partial charge in [0.05, 0.1) is 6.20 Å². The Morgan fingerprint density at radius 3 is 2.90 bits per heavy atom. The molecule has 0 amide bonds. The van der Waals surface area contributed by atoms with Crippen molar-refractivity contribution in [3.63, 3.8) is 0 Å². The van der Waals surface area contributed by atoms with Gasteiger partial charge in [0, 0.05) is 22.8 Å². The van der Waals surface area contributed by atoms with Gasteiger partial charge >= 0.3 is 0 Å². The van der Waals surface area contributed by atoms with Crippen LogP contribution in [-0.4, -0.2) is 25.6 Å². The quantitative estimate of drug-likeness (QED) is 0.775. The molecule has 0 aliphatic heterocycles. The van der Waals surface area contributed by atoms with Crippen LogP contribution >= 0.6 is 11.6 Å². The average molecular weight is 301 g/mol. The van der Waals surface area contributed by atoms with E-state index in [0.29, 0.717) is 23.0 Å². The highest BCUT2D eigenvalue weighted by Crippen LogP contribution is 2.25. The van der Waals surface area contributed by atoms with Crippen LogP contribution in [0, 0.1) is 0 Å². The standard InChI is InChI=1S/C14H13ClN6/c15-9-2-1-3-11(8-9)17-13-19-12-6-7-16-21(12)14(20-13)18-10-4-5-10/h1-3,6-8,10H,4-5H2,(H2,17,18,19,20). The molecular formula is C14H13ClN6. The third-order valence-electron chi connectivity index (χ3n) is 3.25. The molecule has 0 bridgehead atoms. The second kappa shape index (κ2) is 4.89. The molecule has 21 heavy (non-hydrogen) atoms. The number of hydrogen-bond donors (Lipinski definition) is 2. The summed E-state index contributed by atoms with van der Waals surface area (Å²) in [5, 5.41) is 11.4. The van der Waals surface area contributed by atoms with E-state index in [2.05, 4.69) is 25.7 Å². The summed E-state index contributed by atoms with van der Waals surface area (Å²) < 4.78 is 1.71. The van der Waals surface area contributed by atoms with Crippen LogP contribution in [0.5, 0.6) is 0 Å². The summed E-state index contributed by atoms with van der Waals surface area (Å²) in [4.78, 5) is 8.95. The minimum absolute atomic E-state index is 0.492. The van der Waals surface area contributed by atoms with Crippen molar-refractivity contribution in [3.05, 3.63) is 41.6 Å². The molecule has 1 saturated carbocycles. The van der Waals surface area contributed by atoms with E-state index in [9.17, 15) is 0 Å². The molecule has 0 atom stereocenters. The van der Waals surface area contributed by atoms with Crippen LogP contribution in [0.4, 0.5) is 17.6 Å². The number of fused-ring (bicyclic) bond motifs is 1. The number of benzene rings is 1. The summed E-state index contributed by atoms with van der Waals surface area (Å²) in [6.07, 6.45) is 4.05. The van der Waals surface area contributed by atoms with Gasteiger partial charge in [0.1, 0.15) is 0 Å². The van der Waals surface area contributed by atoms with Gasteiger partial charge in [-0.3, -0.25) is 0 Å². The highest BCUT2D eigenvalue weighted by molar-refractivity contribution is 6.30. The van der Waals surface area contributed by atoms with Gasteiger partial charge in [0.15, 0.2) is 5.65 Å². The summed E-state index contributed by atoms with van der Waals surface area (Å²) in [5.41, 5.74) is 1.60. The Bertz CT molecular complexity index is 795. The molecule has 1 aromatic carbocycles. The van der Waals surface area contributed by atoms with E-state index in [1.807, 2.05) is 30.3 Å². The number of anilines is 3. The number of aromatic nitrogens is 4. The van der Waals surface area contributed by atoms with Gasteiger partial charge in [-0.25, -0.2) is 0 Å². The molecule has 0 spiro atoms. The number of rotatable bonds is 4. The van der Waals surface area contributed by atoms with E-state index in [-0.39, 0.29) is 0 Å².